The van der Waals surface area contributed by atoms with E-state index in [9.17, 15) is 4.79 Å². The average molecular weight is 257 g/mol. The smallest absolute Gasteiger partial charge is 0.272 e. The highest BCUT2D eigenvalue weighted by Gasteiger charge is 2.24. The Balaban J connectivity index is 1.98. The minimum absolute atomic E-state index is 0.0942. The molecule has 0 aliphatic heterocycles. The van der Waals surface area contributed by atoms with E-state index in [1.54, 1.807) is 0 Å². The molecule has 19 heavy (non-hydrogen) atoms. The highest BCUT2D eigenvalue weighted by atomic mass is 16.1. The van der Waals surface area contributed by atoms with Gasteiger partial charge in [0.15, 0.2) is 0 Å². The second-order valence-electron chi connectivity index (χ2n) is 5.32. The number of nitrogens with zero attached hydrogens (tertiary/aromatic N) is 1. The second kappa shape index (κ2) is 5.13. The van der Waals surface area contributed by atoms with Crippen molar-refractivity contribution in [1.29, 1.82) is 0 Å². The molecule has 0 spiro atoms. The number of hydrogen-bond acceptors (Lipinski definition) is 3. The van der Waals surface area contributed by atoms with Gasteiger partial charge in [-0.05, 0) is 38.8 Å². The molecule has 1 heterocycles. The fourth-order valence-corrected chi connectivity index (χ4v) is 3.10. The largest absolute Gasteiger partial charge is 0.317 e. The average Bonchev–Trinajstić information content (AvgIpc) is 2.48. The molecule has 3 rings (SSSR count). The van der Waals surface area contributed by atoms with Gasteiger partial charge < -0.3 is 5.32 Å². The van der Waals surface area contributed by atoms with E-state index in [-0.39, 0.29) is 5.56 Å². The predicted octanol–water partition coefficient (Wildman–Crippen LogP) is 2.17. The first-order chi connectivity index (χ1) is 9.29. The summed E-state index contributed by atoms with van der Waals surface area (Å²) in [5, 5.41) is 12.1. The first kappa shape index (κ1) is 12.4. The van der Waals surface area contributed by atoms with Gasteiger partial charge in [0.25, 0.3) is 5.56 Å². The van der Waals surface area contributed by atoms with Crippen LogP contribution in [0.5, 0.6) is 0 Å². The summed E-state index contributed by atoms with van der Waals surface area (Å²) >= 11 is 0. The summed E-state index contributed by atoms with van der Waals surface area (Å²) in [7, 11) is 2.03. The maximum Gasteiger partial charge on any atom is 0.272 e. The molecule has 100 valence electrons. The molecule has 0 saturated heterocycles. The first-order valence-electron chi connectivity index (χ1n) is 6.94. The van der Waals surface area contributed by atoms with Crippen LogP contribution in [0.15, 0.2) is 29.1 Å². The van der Waals surface area contributed by atoms with E-state index in [1.165, 1.54) is 12.8 Å². The molecule has 0 unspecified atom stereocenters. The number of aromatic amines is 1. The molecule has 1 aromatic carbocycles. The van der Waals surface area contributed by atoms with E-state index in [0.29, 0.717) is 12.0 Å². The van der Waals surface area contributed by atoms with E-state index >= 15 is 0 Å². The van der Waals surface area contributed by atoms with Gasteiger partial charge >= 0.3 is 0 Å². The maximum absolute atomic E-state index is 11.8. The van der Waals surface area contributed by atoms with E-state index in [1.807, 2.05) is 31.3 Å². The lowest BCUT2D eigenvalue weighted by Gasteiger charge is -2.28. The molecular weight excluding hydrogens is 238 g/mol. The zero-order valence-electron chi connectivity index (χ0n) is 11.1. The summed E-state index contributed by atoms with van der Waals surface area (Å²) in [6, 6.07) is 8.39. The number of rotatable bonds is 2. The van der Waals surface area contributed by atoms with Gasteiger partial charge in [0.1, 0.15) is 0 Å². The molecule has 4 heteroatoms. The van der Waals surface area contributed by atoms with Crippen LogP contribution in [0.3, 0.4) is 0 Å². The van der Waals surface area contributed by atoms with Crippen LogP contribution >= 0.6 is 0 Å². The Labute approximate surface area is 112 Å². The second-order valence-corrected chi connectivity index (χ2v) is 5.32. The number of aromatic nitrogens is 2. The molecule has 0 atom stereocenters. The van der Waals surface area contributed by atoms with Gasteiger partial charge in [-0.15, -0.1) is 0 Å². The van der Waals surface area contributed by atoms with Crippen LogP contribution in [-0.2, 0) is 0 Å². The van der Waals surface area contributed by atoms with E-state index in [0.717, 1.165) is 29.3 Å². The van der Waals surface area contributed by atoms with Crippen LogP contribution in [0.1, 0.15) is 37.3 Å². The standard InChI is InChI=1S/C15H19N3O/c1-16-11-8-6-10(7-9-11)14-12-4-2-3-5-13(12)15(19)18-17-14/h2-5,10-11,16H,6-9H2,1H3,(H,18,19). The van der Waals surface area contributed by atoms with Crippen LogP contribution in [0.2, 0.25) is 0 Å². The summed E-state index contributed by atoms with van der Waals surface area (Å²) in [5.41, 5.74) is 0.966. The van der Waals surface area contributed by atoms with Crippen molar-refractivity contribution in [2.24, 2.45) is 0 Å². The summed E-state index contributed by atoms with van der Waals surface area (Å²) in [6.07, 6.45) is 4.62. The first-order valence-corrected chi connectivity index (χ1v) is 6.94. The van der Waals surface area contributed by atoms with Crippen molar-refractivity contribution >= 4 is 10.8 Å². The lowest BCUT2D eigenvalue weighted by atomic mass is 9.83. The Morgan fingerprint density at radius 1 is 1.16 bits per heavy atom. The molecule has 1 fully saturated rings. The Morgan fingerprint density at radius 2 is 1.84 bits per heavy atom. The zero-order valence-corrected chi connectivity index (χ0v) is 11.1. The van der Waals surface area contributed by atoms with Gasteiger partial charge in [-0.25, -0.2) is 5.10 Å². The number of nitrogens with one attached hydrogen (secondary N) is 2. The molecule has 0 amide bonds. The zero-order chi connectivity index (χ0) is 13.2. The van der Waals surface area contributed by atoms with E-state index < -0.39 is 0 Å². The van der Waals surface area contributed by atoms with Crippen molar-refractivity contribution in [3.63, 3.8) is 0 Å². The normalized spacial score (nSPS) is 23.6. The summed E-state index contributed by atoms with van der Waals surface area (Å²) in [5.74, 6) is 0.464. The number of fused-ring (bicyclic) bond motifs is 1. The third-order valence-corrected chi connectivity index (χ3v) is 4.25. The summed E-state index contributed by atoms with van der Waals surface area (Å²) in [4.78, 5) is 11.8. The highest BCUT2D eigenvalue weighted by molar-refractivity contribution is 5.83. The Morgan fingerprint density at radius 3 is 2.53 bits per heavy atom. The minimum Gasteiger partial charge on any atom is -0.317 e. The van der Waals surface area contributed by atoms with Crippen molar-refractivity contribution in [3.05, 3.63) is 40.3 Å². The van der Waals surface area contributed by atoms with Gasteiger partial charge in [-0.1, -0.05) is 18.2 Å². The third-order valence-electron chi connectivity index (χ3n) is 4.25. The quantitative estimate of drug-likeness (QED) is 0.867. The molecule has 1 saturated carbocycles. The van der Waals surface area contributed by atoms with E-state index in [4.69, 9.17) is 0 Å². The fourth-order valence-electron chi connectivity index (χ4n) is 3.10. The van der Waals surface area contributed by atoms with Crippen molar-refractivity contribution < 1.29 is 0 Å². The molecule has 0 bridgehead atoms. The molecule has 2 aromatic rings. The molecular formula is C15H19N3O. The summed E-state index contributed by atoms with van der Waals surface area (Å²) < 4.78 is 0. The Kier molecular flexibility index (Phi) is 3.34. The molecule has 0 radical (unpaired) electrons. The van der Waals surface area contributed by atoms with E-state index in [2.05, 4.69) is 15.5 Å². The van der Waals surface area contributed by atoms with Gasteiger partial charge in [0.2, 0.25) is 0 Å². The monoisotopic (exact) mass is 257 g/mol. The van der Waals surface area contributed by atoms with Crippen LogP contribution in [0.4, 0.5) is 0 Å². The molecule has 1 aromatic heterocycles. The fraction of sp³-hybridized carbons (Fsp3) is 0.467. The number of benzene rings is 1. The van der Waals surface area contributed by atoms with Gasteiger partial charge in [-0.2, -0.15) is 5.10 Å². The highest BCUT2D eigenvalue weighted by Crippen LogP contribution is 2.34. The number of H-pyrrole nitrogens is 1. The van der Waals surface area contributed by atoms with Gasteiger partial charge in [0, 0.05) is 17.3 Å². The lowest BCUT2D eigenvalue weighted by Crippen LogP contribution is -2.30. The van der Waals surface area contributed by atoms with Crippen LogP contribution in [0.25, 0.3) is 10.8 Å². The van der Waals surface area contributed by atoms with Gasteiger partial charge in [-0.3, -0.25) is 4.79 Å². The minimum atomic E-state index is -0.0942. The predicted molar refractivity (Wildman–Crippen MR) is 76.4 cm³/mol. The molecule has 4 nitrogen and oxygen atoms in total. The lowest BCUT2D eigenvalue weighted by molar-refractivity contribution is 0.355. The van der Waals surface area contributed by atoms with Crippen LogP contribution in [-0.4, -0.2) is 23.3 Å². The van der Waals surface area contributed by atoms with Crippen molar-refractivity contribution in [3.8, 4) is 0 Å². The van der Waals surface area contributed by atoms with Crippen molar-refractivity contribution in [2.75, 3.05) is 7.05 Å². The summed E-state index contributed by atoms with van der Waals surface area (Å²) in [6.45, 7) is 0. The third kappa shape index (κ3) is 2.28. The molecule has 1 aliphatic rings. The van der Waals surface area contributed by atoms with Crippen molar-refractivity contribution in [2.45, 2.75) is 37.6 Å². The van der Waals surface area contributed by atoms with Crippen LogP contribution in [0, 0.1) is 0 Å². The Bertz CT molecular complexity index is 627. The Hall–Kier alpha value is -1.68. The maximum atomic E-state index is 11.8. The van der Waals surface area contributed by atoms with Crippen molar-refractivity contribution in [1.82, 2.24) is 15.5 Å². The van der Waals surface area contributed by atoms with Crippen LogP contribution < -0.4 is 10.9 Å². The SMILES string of the molecule is CNC1CCC(c2n[nH]c(=O)c3ccccc23)CC1. The van der Waals surface area contributed by atoms with Gasteiger partial charge in [0.05, 0.1) is 11.1 Å². The molecule has 1 aliphatic carbocycles. The molecule has 2 N–H and O–H groups in total. The number of hydrogen-bond donors (Lipinski definition) is 2. The topological polar surface area (TPSA) is 57.8 Å².